The normalized spacial score (nSPS) is 22.3. The second kappa shape index (κ2) is 8.34. The van der Waals surface area contributed by atoms with Crippen LogP contribution in [0.15, 0.2) is 30.6 Å². The van der Waals surface area contributed by atoms with Crippen molar-refractivity contribution < 1.29 is 23.1 Å². The van der Waals surface area contributed by atoms with E-state index in [0.29, 0.717) is 19.3 Å². The Labute approximate surface area is 201 Å². The number of nitrogens with one attached hydrogen (secondary N) is 2. The molecule has 1 aromatic carbocycles. The number of aromatic nitrogens is 2. The van der Waals surface area contributed by atoms with E-state index in [2.05, 4.69) is 40.4 Å². The second-order valence-corrected chi connectivity index (χ2v) is 10.1. The molecule has 0 saturated carbocycles. The van der Waals surface area contributed by atoms with Crippen LogP contribution < -0.4 is 5.32 Å². The summed E-state index contributed by atoms with van der Waals surface area (Å²) >= 11 is 0. The first-order chi connectivity index (χ1) is 16.5. The molecule has 2 aliphatic heterocycles. The van der Waals surface area contributed by atoms with Crippen molar-refractivity contribution in [3.05, 3.63) is 52.8 Å². The summed E-state index contributed by atoms with van der Waals surface area (Å²) in [6.07, 6.45) is 0.0233. The number of carbonyl (C=O) groups is 1. The zero-order valence-corrected chi connectivity index (χ0v) is 20.0. The molecule has 35 heavy (non-hydrogen) atoms. The van der Waals surface area contributed by atoms with E-state index in [-0.39, 0.29) is 19.1 Å². The summed E-state index contributed by atoms with van der Waals surface area (Å²) in [5, 5.41) is 14.6. The van der Waals surface area contributed by atoms with Crippen molar-refractivity contribution in [2.75, 3.05) is 13.1 Å². The third-order valence-corrected chi connectivity index (χ3v) is 7.43. The number of nitrogens with zero attached hydrogens (tertiary/aromatic N) is 2. The van der Waals surface area contributed by atoms with E-state index in [1.54, 1.807) is 0 Å². The molecule has 1 fully saturated rings. The van der Waals surface area contributed by atoms with Crippen molar-refractivity contribution in [3.63, 3.8) is 0 Å². The topological polar surface area (TPSA) is 81.2 Å². The molecule has 5 rings (SSSR count). The largest absolute Gasteiger partial charge is 0.426 e. The van der Waals surface area contributed by atoms with Crippen molar-refractivity contribution in [1.29, 1.82) is 0 Å². The highest BCUT2D eigenvalue weighted by Gasteiger charge is 2.57. The first-order valence-corrected chi connectivity index (χ1v) is 11.9. The van der Waals surface area contributed by atoms with E-state index < -0.39 is 17.7 Å². The highest BCUT2D eigenvalue weighted by molar-refractivity contribution is 5.86. The van der Waals surface area contributed by atoms with Gasteiger partial charge in [-0.25, -0.2) is 4.98 Å². The zero-order chi connectivity index (χ0) is 25.1. The molecular weight excluding hydrogens is 457 g/mol. The van der Waals surface area contributed by atoms with Crippen LogP contribution in [0, 0.1) is 12.8 Å². The maximum atomic E-state index is 13.3. The van der Waals surface area contributed by atoms with Crippen LogP contribution in [0.5, 0.6) is 0 Å². The smallest absolute Gasteiger partial charge is 0.373 e. The molecule has 3 N–H and O–H groups in total. The molecule has 2 aromatic heterocycles. The lowest BCUT2D eigenvalue weighted by atomic mass is 9.86. The molecule has 1 amide bonds. The van der Waals surface area contributed by atoms with E-state index in [4.69, 9.17) is 0 Å². The molecule has 3 atom stereocenters. The Morgan fingerprint density at radius 2 is 2.00 bits per heavy atom. The molecule has 186 valence electrons. The summed E-state index contributed by atoms with van der Waals surface area (Å²) in [6.45, 7) is 5.72. The van der Waals surface area contributed by atoms with Crippen molar-refractivity contribution in [1.82, 2.24) is 20.2 Å². The van der Waals surface area contributed by atoms with Crippen molar-refractivity contribution in [2.45, 2.75) is 58.0 Å². The van der Waals surface area contributed by atoms with Gasteiger partial charge in [-0.05, 0) is 79.1 Å². The highest BCUT2D eigenvalue weighted by atomic mass is 19.4. The van der Waals surface area contributed by atoms with Gasteiger partial charge in [0.05, 0.1) is 0 Å². The lowest BCUT2D eigenvalue weighted by Gasteiger charge is -2.36. The van der Waals surface area contributed by atoms with Gasteiger partial charge >= 0.3 is 6.18 Å². The monoisotopic (exact) mass is 486 g/mol. The van der Waals surface area contributed by atoms with Gasteiger partial charge in [-0.2, -0.15) is 13.2 Å². The number of amides is 1. The van der Waals surface area contributed by atoms with E-state index in [1.165, 1.54) is 0 Å². The fraction of sp³-hybridized carbons (Fsp3) is 0.462. The fourth-order valence-electron chi connectivity index (χ4n) is 5.22. The number of carbonyl (C=O) groups excluding carboxylic acids is 1. The Kier molecular flexibility index (Phi) is 5.68. The van der Waals surface area contributed by atoms with Gasteiger partial charge in [0.25, 0.3) is 5.91 Å². The molecule has 1 saturated heterocycles. The molecule has 9 heteroatoms. The van der Waals surface area contributed by atoms with Gasteiger partial charge in [0.2, 0.25) is 5.60 Å². The van der Waals surface area contributed by atoms with Gasteiger partial charge in [-0.1, -0.05) is 13.0 Å². The van der Waals surface area contributed by atoms with Crippen molar-refractivity contribution in [2.24, 2.45) is 5.92 Å². The number of hydrogen-bond donors (Lipinski definition) is 3. The van der Waals surface area contributed by atoms with Gasteiger partial charge in [-0.3, -0.25) is 4.79 Å². The SMILES string of the molecule is Cc1c[nH]c2ncc(-c3cc4c(c([C@@H]5CC(C)CN5)c3)CN(C(=O)[C@](C)(O)C(F)(F)F)CC4)cc12. The number of rotatable bonds is 3. The van der Waals surface area contributed by atoms with Crippen molar-refractivity contribution in [3.8, 4) is 11.1 Å². The average Bonchev–Trinajstić information content (AvgIpc) is 3.42. The molecule has 4 heterocycles. The number of aliphatic hydroxyl groups is 1. The Morgan fingerprint density at radius 3 is 2.69 bits per heavy atom. The minimum atomic E-state index is -5.04. The molecular formula is C26H29F3N4O2. The van der Waals surface area contributed by atoms with Gasteiger partial charge in [0, 0.05) is 42.5 Å². The summed E-state index contributed by atoms with van der Waals surface area (Å²) < 4.78 is 40.0. The fourth-order valence-corrected chi connectivity index (χ4v) is 5.22. The Bertz CT molecular complexity index is 1300. The van der Waals surface area contributed by atoms with Gasteiger partial charge in [-0.15, -0.1) is 0 Å². The second-order valence-electron chi connectivity index (χ2n) is 10.1. The average molecular weight is 487 g/mol. The van der Waals surface area contributed by atoms with Gasteiger partial charge in [0.15, 0.2) is 0 Å². The molecule has 6 nitrogen and oxygen atoms in total. The number of H-pyrrole nitrogens is 1. The van der Waals surface area contributed by atoms with E-state index >= 15 is 0 Å². The van der Waals surface area contributed by atoms with Crippen LogP contribution in [0.3, 0.4) is 0 Å². The van der Waals surface area contributed by atoms with Crippen LogP contribution in [0.4, 0.5) is 13.2 Å². The quantitative estimate of drug-likeness (QED) is 0.513. The van der Waals surface area contributed by atoms with Crippen LogP contribution in [-0.4, -0.2) is 50.7 Å². The number of aryl methyl sites for hydroxylation is 1. The first kappa shape index (κ1) is 23.8. The highest BCUT2D eigenvalue weighted by Crippen LogP contribution is 2.39. The number of benzene rings is 1. The molecule has 1 unspecified atom stereocenters. The summed E-state index contributed by atoms with van der Waals surface area (Å²) in [5.41, 5.74) is 3.35. The van der Waals surface area contributed by atoms with Gasteiger partial charge < -0.3 is 20.3 Å². The molecule has 0 bridgehead atoms. The van der Waals surface area contributed by atoms with Crippen LogP contribution in [-0.2, 0) is 17.8 Å². The maximum absolute atomic E-state index is 13.3. The van der Waals surface area contributed by atoms with Crippen molar-refractivity contribution >= 4 is 16.9 Å². The molecule has 0 radical (unpaired) electrons. The minimum absolute atomic E-state index is 0.0385. The summed E-state index contributed by atoms with van der Waals surface area (Å²) in [7, 11) is 0. The third kappa shape index (κ3) is 4.10. The maximum Gasteiger partial charge on any atom is 0.426 e. The number of hydrogen-bond acceptors (Lipinski definition) is 4. The van der Waals surface area contributed by atoms with Crippen LogP contribution in [0.25, 0.3) is 22.2 Å². The zero-order valence-electron chi connectivity index (χ0n) is 20.0. The number of aromatic amines is 1. The number of alkyl halides is 3. The van der Waals surface area contributed by atoms with Crippen LogP contribution in [0.1, 0.15) is 48.6 Å². The summed E-state index contributed by atoms with van der Waals surface area (Å²) in [5.74, 6) is -0.844. The Balaban J connectivity index is 1.56. The number of fused-ring (bicyclic) bond motifs is 2. The molecule has 0 aliphatic carbocycles. The lowest BCUT2D eigenvalue weighted by Crippen LogP contribution is -2.56. The predicted octanol–water partition coefficient (Wildman–Crippen LogP) is 4.41. The van der Waals surface area contributed by atoms with Crippen LogP contribution >= 0.6 is 0 Å². The lowest BCUT2D eigenvalue weighted by molar-refractivity contribution is -0.250. The third-order valence-electron chi connectivity index (χ3n) is 7.43. The first-order valence-electron chi connectivity index (χ1n) is 11.9. The molecule has 3 aromatic rings. The minimum Gasteiger partial charge on any atom is -0.373 e. The Hall–Kier alpha value is -2.91. The van der Waals surface area contributed by atoms with E-state index in [0.717, 1.165) is 62.3 Å². The van der Waals surface area contributed by atoms with Gasteiger partial charge in [0.1, 0.15) is 5.65 Å². The van der Waals surface area contributed by atoms with E-state index in [1.807, 2.05) is 19.3 Å². The standard InChI is InChI=1S/C26H29F3N4O2/c1-14-6-22(30-10-14)20-8-17(18-9-19-15(2)11-31-23(19)32-12-18)7-16-4-5-33(13-21(16)20)24(34)25(3,35)26(27,28)29/h7-9,11-12,14,22,30,35H,4-6,10,13H2,1-3H3,(H,31,32)/t14?,22-,25-/m0/s1. The predicted molar refractivity (Wildman–Crippen MR) is 127 cm³/mol. The number of pyridine rings is 1. The number of halogens is 3. The van der Waals surface area contributed by atoms with E-state index in [9.17, 15) is 23.1 Å². The summed E-state index contributed by atoms with van der Waals surface area (Å²) in [4.78, 5) is 21.6. The Morgan fingerprint density at radius 1 is 1.23 bits per heavy atom. The van der Waals surface area contributed by atoms with Crippen LogP contribution in [0.2, 0.25) is 0 Å². The summed E-state index contributed by atoms with van der Waals surface area (Å²) in [6, 6.07) is 6.28. The molecule has 2 aliphatic rings. The molecule has 0 spiro atoms.